The molecular formula is C21H14N4O3S3. The summed E-state index contributed by atoms with van der Waals surface area (Å²) < 4.78 is 8.85. The number of methoxy groups -OCH3 is 1. The van der Waals surface area contributed by atoms with E-state index >= 15 is 0 Å². The average Bonchev–Trinajstić information content (AvgIpc) is 3.52. The minimum Gasteiger partial charge on any atom is -0.497 e. The zero-order valence-corrected chi connectivity index (χ0v) is 18.5. The molecule has 0 bridgehead atoms. The Balaban J connectivity index is 1.57. The Bertz CT molecular complexity index is 1380. The molecule has 0 spiro atoms. The highest BCUT2D eigenvalue weighted by Gasteiger charge is 2.19. The second-order valence-electron chi connectivity index (χ2n) is 6.39. The van der Waals surface area contributed by atoms with Gasteiger partial charge in [-0.25, -0.2) is 9.78 Å². The molecule has 3 heterocycles. The predicted octanol–water partition coefficient (Wildman–Crippen LogP) is 5.46. The molecule has 154 valence electrons. The number of aromatic nitrogens is 4. The largest absolute Gasteiger partial charge is 0.497 e. The molecule has 0 aliphatic heterocycles. The van der Waals surface area contributed by atoms with Crippen LogP contribution in [-0.4, -0.2) is 37.9 Å². The first-order valence-electron chi connectivity index (χ1n) is 9.08. The van der Waals surface area contributed by atoms with Crippen LogP contribution in [0.5, 0.6) is 5.75 Å². The minimum atomic E-state index is -0.954. The van der Waals surface area contributed by atoms with Crippen LogP contribution >= 0.6 is 34.4 Å². The lowest BCUT2D eigenvalue weighted by molar-refractivity contribution is 0.0697. The molecule has 3 aromatic heterocycles. The number of hydrogen-bond acceptors (Lipinski definition) is 8. The van der Waals surface area contributed by atoms with Gasteiger partial charge in [0, 0.05) is 0 Å². The molecule has 0 fully saturated rings. The van der Waals surface area contributed by atoms with Crippen molar-refractivity contribution >= 4 is 50.6 Å². The van der Waals surface area contributed by atoms with Crippen molar-refractivity contribution in [1.82, 2.24) is 19.7 Å². The number of aromatic carboxylic acids is 1. The fourth-order valence-corrected chi connectivity index (χ4v) is 5.78. The van der Waals surface area contributed by atoms with Crippen LogP contribution in [0.4, 0.5) is 0 Å². The monoisotopic (exact) mass is 466 g/mol. The van der Waals surface area contributed by atoms with Crippen LogP contribution in [0.2, 0.25) is 0 Å². The van der Waals surface area contributed by atoms with Crippen LogP contribution in [0.15, 0.2) is 69.5 Å². The Labute approximate surface area is 189 Å². The van der Waals surface area contributed by atoms with Gasteiger partial charge in [0.15, 0.2) is 10.2 Å². The first-order chi connectivity index (χ1) is 15.1. The molecule has 5 rings (SSSR count). The van der Waals surface area contributed by atoms with Gasteiger partial charge in [-0.15, -0.1) is 32.9 Å². The third-order valence-corrected chi connectivity index (χ3v) is 7.39. The van der Waals surface area contributed by atoms with E-state index in [9.17, 15) is 9.90 Å². The molecule has 0 aliphatic carbocycles. The maximum absolute atomic E-state index is 11.3. The van der Waals surface area contributed by atoms with Gasteiger partial charge in [0.05, 0.1) is 33.5 Å². The van der Waals surface area contributed by atoms with E-state index in [0.29, 0.717) is 5.16 Å². The van der Waals surface area contributed by atoms with Crippen LogP contribution < -0.4 is 4.74 Å². The summed E-state index contributed by atoms with van der Waals surface area (Å²) in [6, 6.07) is 16.6. The first kappa shape index (κ1) is 19.7. The van der Waals surface area contributed by atoms with E-state index in [4.69, 9.17) is 4.74 Å². The van der Waals surface area contributed by atoms with Crippen molar-refractivity contribution in [2.24, 2.45) is 0 Å². The van der Waals surface area contributed by atoms with Gasteiger partial charge in [0.1, 0.15) is 5.75 Å². The number of carbonyl (C=O) groups is 1. The van der Waals surface area contributed by atoms with E-state index in [1.54, 1.807) is 36.6 Å². The summed E-state index contributed by atoms with van der Waals surface area (Å²) in [5.74, 6) is 0.561. The van der Waals surface area contributed by atoms with Gasteiger partial charge in [-0.05, 0) is 65.7 Å². The highest BCUT2D eigenvalue weighted by atomic mass is 32.2. The number of thiophene rings is 1. The van der Waals surface area contributed by atoms with E-state index in [1.165, 1.54) is 23.1 Å². The molecule has 2 aromatic carbocycles. The van der Waals surface area contributed by atoms with E-state index < -0.39 is 5.97 Å². The van der Waals surface area contributed by atoms with Gasteiger partial charge in [-0.3, -0.25) is 4.57 Å². The standard InChI is InChI=1S/C21H14N4O3S3/c1-28-14-7-5-13(6-8-14)25-18(16-3-2-10-29-16)23-24-20(25)31-21-22-15-9-4-12(19(26)27)11-17(15)30-21/h2-11H,1H3,(H,26,27). The van der Waals surface area contributed by atoms with Gasteiger partial charge in [0.25, 0.3) is 0 Å². The number of fused-ring (bicyclic) bond motifs is 1. The zero-order valence-electron chi connectivity index (χ0n) is 16.1. The van der Waals surface area contributed by atoms with Crippen molar-refractivity contribution in [1.29, 1.82) is 0 Å². The summed E-state index contributed by atoms with van der Waals surface area (Å²) in [4.78, 5) is 16.9. The summed E-state index contributed by atoms with van der Waals surface area (Å²) in [5, 5.41) is 20.8. The highest BCUT2D eigenvalue weighted by molar-refractivity contribution is 8.01. The number of hydrogen-bond donors (Lipinski definition) is 1. The number of benzene rings is 2. The van der Waals surface area contributed by atoms with Gasteiger partial charge < -0.3 is 9.84 Å². The fraction of sp³-hybridized carbons (Fsp3) is 0.0476. The van der Waals surface area contributed by atoms with Crippen molar-refractivity contribution in [3.63, 3.8) is 0 Å². The Morgan fingerprint density at radius 1 is 1.13 bits per heavy atom. The summed E-state index contributed by atoms with van der Waals surface area (Å²) in [5.41, 5.74) is 1.91. The summed E-state index contributed by atoms with van der Waals surface area (Å²) in [6.07, 6.45) is 0. The molecule has 0 unspecified atom stereocenters. The number of nitrogens with zero attached hydrogens (tertiary/aromatic N) is 4. The minimum absolute atomic E-state index is 0.245. The van der Waals surface area contributed by atoms with Gasteiger partial charge in [-0.2, -0.15) is 0 Å². The maximum Gasteiger partial charge on any atom is 0.335 e. The van der Waals surface area contributed by atoms with E-state index in [0.717, 1.165) is 36.7 Å². The molecular weight excluding hydrogens is 452 g/mol. The topological polar surface area (TPSA) is 90.1 Å². The number of rotatable bonds is 6. The number of carboxylic acid groups (broad SMARTS) is 1. The number of ether oxygens (including phenoxy) is 1. The molecule has 7 nitrogen and oxygen atoms in total. The van der Waals surface area contributed by atoms with Gasteiger partial charge in [-0.1, -0.05) is 6.07 Å². The van der Waals surface area contributed by atoms with Crippen LogP contribution in [0.1, 0.15) is 10.4 Å². The summed E-state index contributed by atoms with van der Waals surface area (Å²) in [7, 11) is 1.63. The van der Waals surface area contributed by atoms with E-state index in [-0.39, 0.29) is 5.56 Å². The molecule has 0 amide bonds. The Morgan fingerprint density at radius 2 is 1.97 bits per heavy atom. The molecule has 0 radical (unpaired) electrons. The Kier molecular flexibility index (Phi) is 5.18. The highest BCUT2D eigenvalue weighted by Crippen LogP contribution is 2.37. The third-order valence-electron chi connectivity index (χ3n) is 4.50. The number of carboxylic acids is 1. The molecule has 1 N–H and O–H groups in total. The molecule has 10 heteroatoms. The smallest absolute Gasteiger partial charge is 0.335 e. The average molecular weight is 467 g/mol. The Morgan fingerprint density at radius 3 is 2.68 bits per heavy atom. The fourth-order valence-electron chi connectivity index (χ4n) is 3.02. The molecule has 31 heavy (non-hydrogen) atoms. The maximum atomic E-state index is 11.3. The van der Waals surface area contributed by atoms with Crippen molar-refractivity contribution in [3.05, 3.63) is 65.5 Å². The molecule has 0 saturated carbocycles. The third kappa shape index (κ3) is 3.80. The zero-order chi connectivity index (χ0) is 21.4. The van der Waals surface area contributed by atoms with Crippen molar-refractivity contribution in [2.75, 3.05) is 7.11 Å². The Hall–Kier alpha value is -3.21. The lowest BCUT2D eigenvalue weighted by Crippen LogP contribution is -1.98. The molecule has 5 aromatic rings. The van der Waals surface area contributed by atoms with Crippen LogP contribution in [0, 0.1) is 0 Å². The van der Waals surface area contributed by atoms with Crippen LogP contribution in [-0.2, 0) is 0 Å². The van der Waals surface area contributed by atoms with Gasteiger partial charge in [0.2, 0.25) is 5.16 Å². The quantitative estimate of drug-likeness (QED) is 0.355. The lowest BCUT2D eigenvalue weighted by Gasteiger charge is -2.09. The second-order valence-corrected chi connectivity index (χ2v) is 9.58. The van der Waals surface area contributed by atoms with Crippen molar-refractivity contribution < 1.29 is 14.6 Å². The summed E-state index contributed by atoms with van der Waals surface area (Å²) in [6.45, 7) is 0. The lowest BCUT2D eigenvalue weighted by atomic mass is 10.2. The molecule has 0 saturated heterocycles. The molecule has 0 atom stereocenters. The van der Waals surface area contributed by atoms with Crippen LogP contribution in [0.25, 0.3) is 26.6 Å². The number of thiazole rings is 1. The van der Waals surface area contributed by atoms with Crippen molar-refractivity contribution in [2.45, 2.75) is 9.50 Å². The molecule has 0 aliphatic rings. The second kappa shape index (κ2) is 8.14. The van der Waals surface area contributed by atoms with Crippen molar-refractivity contribution in [3.8, 4) is 22.1 Å². The van der Waals surface area contributed by atoms with E-state index in [2.05, 4.69) is 15.2 Å². The first-order valence-corrected chi connectivity index (χ1v) is 11.6. The van der Waals surface area contributed by atoms with Gasteiger partial charge >= 0.3 is 5.97 Å². The van der Waals surface area contributed by atoms with E-state index in [1.807, 2.05) is 46.3 Å². The normalized spacial score (nSPS) is 11.1. The van der Waals surface area contributed by atoms with Crippen LogP contribution in [0.3, 0.4) is 0 Å². The summed E-state index contributed by atoms with van der Waals surface area (Å²) >= 11 is 4.42. The predicted molar refractivity (Wildman–Crippen MR) is 122 cm³/mol. The SMILES string of the molecule is COc1ccc(-n2c(Sc3nc4ccc(C(=O)O)cc4s3)nnc2-c2cccs2)cc1.